The third-order valence-corrected chi connectivity index (χ3v) is 5.76. The first kappa shape index (κ1) is 20.5. The molecular formula is C23H29FN6. The molecule has 0 saturated carbocycles. The van der Waals surface area contributed by atoms with Gasteiger partial charge in [-0.05, 0) is 62.9 Å². The summed E-state index contributed by atoms with van der Waals surface area (Å²) >= 11 is 0. The Kier molecular flexibility index (Phi) is 6.08. The minimum absolute atomic E-state index is 0.127. The molecular weight excluding hydrogens is 379 g/mol. The van der Waals surface area contributed by atoms with E-state index in [1.54, 1.807) is 24.4 Å². The first-order valence-electron chi connectivity index (χ1n) is 10.7. The van der Waals surface area contributed by atoms with Gasteiger partial charge in [-0.2, -0.15) is 0 Å². The van der Waals surface area contributed by atoms with Crippen LogP contribution in [0.5, 0.6) is 0 Å². The van der Waals surface area contributed by atoms with Crippen LogP contribution in [-0.4, -0.2) is 34.8 Å². The Bertz CT molecular complexity index is 975. The van der Waals surface area contributed by atoms with Gasteiger partial charge in [0.05, 0.1) is 17.1 Å². The molecule has 0 amide bonds. The highest BCUT2D eigenvalue weighted by molar-refractivity contribution is 6.02. The molecule has 0 radical (unpaired) electrons. The summed E-state index contributed by atoms with van der Waals surface area (Å²) in [6.07, 6.45) is 5.43. The fourth-order valence-electron chi connectivity index (χ4n) is 4.01. The van der Waals surface area contributed by atoms with Gasteiger partial charge in [0.1, 0.15) is 0 Å². The molecule has 1 fully saturated rings. The number of nitrogens with two attached hydrogens (primary N) is 1. The molecule has 0 atom stereocenters. The van der Waals surface area contributed by atoms with Crippen molar-refractivity contribution in [2.75, 3.05) is 24.1 Å². The van der Waals surface area contributed by atoms with Crippen LogP contribution in [0.1, 0.15) is 50.8 Å². The molecule has 1 aromatic heterocycles. The van der Waals surface area contributed by atoms with E-state index in [1.807, 2.05) is 6.07 Å². The SMILES string of the molecule is CC(C)C1=NC(c2cccc(N)c2F)=C(c2ccnc(NC3CCNCC3)n2)CC1. The average Bonchev–Trinajstić information content (AvgIpc) is 2.76. The number of aromatic nitrogens is 2. The third-order valence-electron chi connectivity index (χ3n) is 5.76. The van der Waals surface area contributed by atoms with E-state index in [0.29, 0.717) is 29.2 Å². The largest absolute Gasteiger partial charge is 0.396 e. The van der Waals surface area contributed by atoms with Crippen molar-refractivity contribution in [3.8, 4) is 0 Å². The molecule has 1 aromatic carbocycles. The molecule has 6 nitrogen and oxygen atoms in total. The molecule has 2 aliphatic rings. The minimum atomic E-state index is -0.430. The Morgan fingerprint density at radius 2 is 1.97 bits per heavy atom. The number of hydrogen-bond acceptors (Lipinski definition) is 6. The van der Waals surface area contributed by atoms with Crippen LogP contribution in [0.4, 0.5) is 16.0 Å². The smallest absolute Gasteiger partial charge is 0.223 e. The number of hydrogen-bond donors (Lipinski definition) is 3. The van der Waals surface area contributed by atoms with Gasteiger partial charge in [-0.3, -0.25) is 4.99 Å². The molecule has 2 aliphatic heterocycles. The van der Waals surface area contributed by atoms with Crippen molar-refractivity contribution in [1.29, 1.82) is 0 Å². The van der Waals surface area contributed by atoms with Gasteiger partial charge >= 0.3 is 0 Å². The number of nitrogen functional groups attached to an aromatic ring is 1. The van der Waals surface area contributed by atoms with Crippen molar-refractivity contribution in [2.45, 2.75) is 45.6 Å². The molecule has 0 aliphatic carbocycles. The van der Waals surface area contributed by atoms with E-state index < -0.39 is 5.82 Å². The number of allylic oxidation sites excluding steroid dienone is 1. The molecule has 158 valence electrons. The third kappa shape index (κ3) is 4.36. The summed E-state index contributed by atoms with van der Waals surface area (Å²) in [7, 11) is 0. The lowest BCUT2D eigenvalue weighted by atomic mass is 9.91. The second-order valence-corrected chi connectivity index (χ2v) is 8.23. The number of nitrogens with one attached hydrogen (secondary N) is 2. The number of anilines is 2. The van der Waals surface area contributed by atoms with E-state index in [4.69, 9.17) is 15.7 Å². The Hall–Kier alpha value is -2.80. The van der Waals surface area contributed by atoms with Gasteiger partial charge < -0.3 is 16.4 Å². The number of benzene rings is 1. The molecule has 3 heterocycles. The number of nitrogens with zero attached hydrogens (tertiary/aromatic N) is 3. The van der Waals surface area contributed by atoms with Crippen LogP contribution < -0.4 is 16.4 Å². The molecule has 30 heavy (non-hydrogen) atoms. The van der Waals surface area contributed by atoms with Gasteiger partial charge in [0.25, 0.3) is 0 Å². The molecule has 2 aromatic rings. The molecule has 7 heteroatoms. The topological polar surface area (TPSA) is 88.2 Å². The molecule has 4 N–H and O–H groups in total. The zero-order valence-corrected chi connectivity index (χ0v) is 17.6. The molecule has 0 bridgehead atoms. The van der Waals surface area contributed by atoms with Crippen molar-refractivity contribution in [1.82, 2.24) is 15.3 Å². The van der Waals surface area contributed by atoms with Crippen molar-refractivity contribution < 1.29 is 4.39 Å². The summed E-state index contributed by atoms with van der Waals surface area (Å²) in [5.74, 6) is 0.479. The van der Waals surface area contributed by atoms with Crippen molar-refractivity contribution >= 4 is 28.6 Å². The summed E-state index contributed by atoms with van der Waals surface area (Å²) < 4.78 is 14.9. The number of piperidine rings is 1. The molecule has 0 unspecified atom stereocenters. The van der Waals surface area contributed by atoms with Gasteiger partial charge in [-0.1, -0.05) is 19.9 Å². The summed E-state index contributed by atoms with van der Waals surface area (Å²) in [5, 5.41) is 6.81. The fraction of sp³-hybridized carbons (Fsp3) is 0.435. The second-order valence-electron chi connectivity index (χ2n) is 8.23. The van der Waals surface area contributed by atoms with E-state index in [2.05, 4.69) is 29.5 Å². The summed E-state index contributed by atoms with van der Waals surface area (Å²) in [6, 6.07) is 7.31. The predicted molar refractivity (Wildman–Crippen MR) is 121 cm³/mol. The summed E-state index contributed by atoms with van der Waals surface area (Å²) in [6.45, 7) is 6.22. The van der Waals surface area contributed by atoms with Gasteiger partial charge in [-0.25, -0.2) is 14.4 Å². The zero-order valence-electron chi connectivity index (χ0n) is 17.6. The highest BCUT2D eigenvalue weighted by Gasteiger charge is 2.23. The monoisotopic (exact) mass is 408 g/mol. The zero-order chi connectivity index (χ0) is 21.1. The molecule has 4 rings (SSSR count). The molecule has 0 spiro atoms. The maximum atomic E-state index is 14.9. The van der Waals surface area contributed by atoms with Crippen LogP contribution in [0.2, 0.25) is 0 Å². The lowest BCUT2D eigenvalue weighted by Gasteiger charge is -2.24. The van der Waals surface area contributed by atoms with Gasteiger partial charge in [0, 0.05) is 29.1 Å². The molecule has 1 saturated heterocycles. The number of aliphatic imine (C=N–C) groups is 1. The highest BCUT2D eigenvalue weighted by atomic mass is 19.1. The van der Waals surface area contributed by atoms with E-state index in [1.165, 1.54) is 0 Å². The quantitative estimate of drug-likeness (QED) is 0.648. The lowest BCUT2D eigenvalue weighted by Crippen LogP contribution is -2.35. The van der Waals surface area contributed by atoms with Crippen LogP contribution >= 0.6 is 0 Å². The van der Waals surface area contributed by atoms with Crippen LogP contribution in [-0.2, 0) is 0 Å². The van der Waals surface area contributed by atoms with Gasteiger partial charge in [0.2, 0.25) is 5.95 Å². The van der Waals surface area contributed by atoms with Crippen LogP contribution in [0.3, 0.4) is 0 Å². The van der Waals surface area contributed by atoms with Crippen molar-refractivity contribution in [3.63, 3.8) is 0 Å². The van der Waals surface area contributed by atoms with E-state index in [-0.39, 0.29) is 5.69 Å². The fourth-order valence-corrected chi connectivity index (χ4v) is 4.01. The Balaban J connectivity index is 1.75. The first-order valence-corrected chi connectivity index (χ1v) is 10.7. The highest BCUT2D eigenvalue weighted by Crippen LogP contribution is 2.37. The summed E-state index contributed by atoms with van der Waals surface area (Å²) in [5.41, 5.74) is 9.81. The van der Waals surface area contributed by atoms with Gasteiger partial charge in [0.15, 0.2) is 5.82 Å². The Morgan fingerprint density at radius 1 is 1.17 bits per heavy atom. The van der Waals surface area contributed by atoms with E-state index in [0.717, 1.165) is 55.8 Å². The Labute approximate surface area is 176 Å². The van der Waals surface area contributed by atoms with E-state index >= 15 is 0 Å². The predicted octanol–water partition coefficient (Wildman–Crippen LogP) is 4.12. The standard InChI is InChI=1S/C23H29FN6/c1-14(2)19-7-6-16(22(29-19)17-4-3-5-18(25)21(17)24)20-10-13-27-23(30-20)28-15-8-11-26-12-9-15/h3-5,10,13-15,26H,6-9,11-12,25H2,1-2H3,(H,27,28,30). The minimum Gasteiger partial charge on any atom is -0.396 e. The second kappa shape index (κ2) is 8.92. The normalized spacial score (nSPS) is 17.9. The van der Waals surface area contributed by atoms with Crippen LogP contribution in [0.25, 0.3) is 11.3 Å². The average molecular weight is 409 g/mol. The van der Waals surface area contributed by atoms with Gasteiger partial charge in [-0.15, -0.1) is 0 Å². The first-order chi connectivity index (χ1) is 14.5. The number of halogens is 1. The lowest BCUT2D eigenvalue weighted by molar-refractivity contribution is 0.477. The van der Waals surface area contributed by atoms with E-state index in [9.17, 15) is 4.39 Å². The Morgan fingerprint density at radius 3 is 2.73 bits per heavy atom. The maximum Gasteiger partial charge on any atom is 0.223 e. The maximum absolute atomic E-state index is 14.9. The number of rotatable bonds is 5. The van der Waals surface area contributed by atoms with Crippen LogP contribution in [0.15, 0.2) is 35.5 Å². The van der Waals surface area contributed by atoms with Crippen LogP contribution in [0, 0.1) is 11.7 Å². The van der Waals surface area contributed by atoms with Crippen molar-refractivity contribution in [2.24, 2.45) is 10.9 Å². The summed E-state index contributed by atoms with van der Waals surface area (Å²) in [4.78, 5) is 14.0. The van der Waals surface area contributed by atoms with Crippen molar-refractivity contribution in [3.05, 3.63) is 47.5 Å².